The van der Waals surface area contributed by atoms with Gasteiger partial charge in [-0.2, -0.15) is 0 Å². The van der Waals surface area contributed by atoms with Crippen molar-refractivity contribution in [2.45, 2.75) is 0 Å². The van der Waals surface area contributed by atoms with Crippen molar-refractivity contribution in [3.8, 4) is 5.75 Å². The summed E-state index contributed by atoms with van der Waals surface area (Å²) in [7, 11) is -1.18. The molecule has 1 N–H and O–H groups in total. The van der Waals surface area contributed by atoms with Crippen molar-refractivity contribution in [1.29, 1.82) is 0 Å². The van der Waals surface area contributed by atoms with Crippen LogP contribution < -0.4 is 5.46 Å². The maximum absolute atomic E-state index is 13.1. The van der Waals surface area contributed by atoms with E-state index in [-0.39, 0.29) is 28.4 Å². The van der Waals surface area contributed by atoms with Crippen molar-refractivity contribution in [1.82, 2.24) is 4.90 Å². The molecule has 2 aromatic rings. The Morgan fingerprint density at radius 2 is 1.88 bits per heavy atom. The van der Waals surface area contributed by atoms with Crippen LogP contribution in [0.2, 0.25) is 0 Å². The molecule has 120 valence electrons. The number of aliphatic imine (C=N–C) groups is 1. The van der Waals surface area contributed by atoms with Crippen LogP contribution in [0.4, 0.5) is 8.63 Å². The fourth-order valence-electron chi connectivity index (χ4n) is 2.47. The number of carbonyl (C=O) groups excluding carboxylic acids is 1. The van der Waals surface area contributed by atoms with Gasteiger partial charge in [0.2, 0.25) is 0 Å². The van der Waals surface area contributed by atoms with E-state index in [0.717, 1.165) is 11.6 Å². The maximum atomic E-state index is 13.1. The van der Waals surface area contributed by atoms with Crippen LogP contribution in [0.5, 0.6) is 5.75 Å². The molecule has 0 atom stereocenters. The fourth-order valence-corrected chi connectivity index (χ4v) is 2.47. The molecule has 2 aromatic carbocycles. The molecule has 7 heteroatoms. The number of aromatic hydroxyl groups is 1. The number of halogens is 2. The van der Waals surface area contributed by atoms with Crippen molar-refractivity contribution < 1.29 is 18.5 Å². The van der Waals surface area contributed by atoms with E-state index < -0.39 is 7.27 Å². The third-order valence-electron chi connectivity index (χ3n) is 3.70. The van der Waals surface area contributed by atoms with E-state index >= 15 is 0 Å². The van der Waals surface area contributed by atoms with Crippen LogP contribution in [0, 0.1) is 0 Å². The maximum Gasteiger partial charge on any atom is 0.572 e. The summed E-state index contributed by atoms with van der Waals surface area (Å²) in [5.74, 6) is -0.165. The van der Waals surface area contributed by atoms with Crippen molar-refractivity contribution in [3.05, 3.63) is 65.4 Å². The lowest BCUT2D eigenvalue weighted by atomic mass is 9.81. The number of nitrogens with zero attached hydrogens (tertiary/aromatic N) is 2. The number of hydrogen-bond acceptors (Lipinski definition) is 3. The lowest BCUT2D eigenvalue weighted by molar-refractivity contribution is -0.121. The second kappa shape index (κ2) is 6.27. The molecule has 0 saturated heterocycles. The first kappa shape index (κ1) is 15.9. The Hall–Kier alpha value is -2.96. The summed E-state index contributed by atoms with van der Waals surface area (Å²) in [4.78, 5) is 18.0. The van der Waals surface area contributed by atoms with Gasteiger partial charge in [-0.15, -0.1) is 0 Å². The van der Waals surface area contributed by atoms with Crippen LogP contribution in [0.15, 0.2) is 59.2 Å². The topological polar surface area (TPSA) is 52.9 Å². The number of hydrogen-bond donors (Lipinski definition) is 1. The van der Waals surface area contributed by atoms with E-state index in [2.05, 4.69) is 4.99 Å². The molecule has 0 spiro atoms. The largest absolute Gasteiger partial charge is 0.572 e. The first-order valence-electron chi connectivity index (χ1n) is 7.22. The Morgan fingerprint density at radius 3 is 2.54 bits per heavy atom. The van der Waals surface area contributed by atoms with Gasteiger partial charge in [-0.3, -0.25) is 18.3 Å². The van der Waals surface area contributed by atoms with Gasteiger partial charge in [-0.25, -0.2) is 4.99 Å². The van der Waals surface area contributed by atoms with E-state index in [4.69, 9.17) is 0 Å². The SMILES string of the molecule is CN1C(=O)/C(=C/c2ccc(O)cc2B(F)F)N=C1c1ccccc1. The van der Waals surface area contributed by atoms with Crippen LogP contribution in [0.25, 0.3) is 6.08 Å². The number of benzene rings is 2. The number of amides is 1. The predicted octanol–water partition coefficient (Wildman–Crippen LogP) is 2.29. The Morgan fingerprint density at radius 1 is 1.17 bits per heavy atom. The highest BCUT2D eigenvalue weighted by Gasteiger charge is 2.28. The van der Waals surface area contributed by atoms with Gasteiger partial charge in [0.1, 0.15) is 17.3 Å². The number of amidine groups is 1. The zero-order valence-corrected chi connectivity index (χ0v) is 12.8. The normalized spacial score (nSPS) is 15.8. The molecular weight excluding hydrogens is 313 g/mol. The summed E-state index contributed by atoms with van der Waals surface area (Å²) in [6.45, 7) is 0. The minimum Gasteiger partial charge on any atom is -0.508 e. The standard InChI is InChI=1S/C17H13BF2N2O2/c1-22-16(11-5-3-2-4-6-11)21-15(17(22)24)9-12-7-8-13(23)10-14(12)18(19)20/h2-10,23H,1H3/b15-9-. The Bertz CT molecular complexity index is 851. The number of phenolic OH excluding ortho intramolecular Hbond substituents is 1. The van der Waals surface area contributed by atoms with Crippen LogP contribution in [0.1, 0.15) is 11.1 Å². The average Bonchev–Trinajstić information content (AvgIpc) is 2.85. The molecule has 0 saturated carbocycles. The molecule has 0 bridgehead atoms. The van der Waals surface area contributed by atoms with E-state index in [1.807, 2.05) is 30.3 Å². The minimum absolute atomic E-state index is 0.0731. The molecule has 0 aliphatic carbocycles. The Balaban J connectivity index is 2.05. The summed E-state index contributed by atoms with van der Waals surface area (Å²) in [5.41, 5.74) is 0.638. The molecule has 1 heterocycles. The summed E-state index contributed by atoms with van der Waals surface area (Å²) in [6.07, 6.45) is 1.32. The van der Waals surface area contributed by atoms with Gasteiger partial charge in [-0.1, -0.05) is 36.4 Å². The van der Waals surface area contributed by atoms with Gasteiger partial charge >= 0.3 is 7.27 Å². The second-order valence-corrected chi connectivity index (χ2v) is 5.31. The number of phenols is 1. The van der Waals surface area contributed by atoms with Gasteiger partial charge < -0.3 is 5.11 Å². The summed E-state index contributed by atoms with van der Waals surface area (Å²) in [5, 5.41) is 9.38. The minimum atomic E-state index is -2.77. The molecule has 1 aliphatic heterocycles. The molecule has 3 rings (SSSR count). The first-order chi connectivity index (χ1) is 11.5. The average molecular weight is 326 g/mol. The summed E-state index contributed by atoms with van der Waals surface area (Å²) >= 11 is 0. The number of rotatable bonds is 3. The van der Waals surface area contributed by atoms with Crippen LogP contribution in [-0.2, 0) is 4.79 Å². The monoisotopic (exact) mass is 326 g/mol. The molecule has 0 unspecified atom stereocenters. The third-order valence-corrected chi connectivity index (χ3v) is 3.70. The highest BCUT2D eigenvalue weighted by molar-refractivity contribution is 6.61. The highest BCUT2D eigenvalue weighted by atomic mass is 19.2. The van der Waals surface area contributed by atoms with Crippen LogP contribution >= 0.6 is 0 Å². The van der Waals surface area contributed by atoms with Crippen LogP contribution in [-0.4, -0.2) is 36.1 Å². The zero-order chi connectivity index (χ0) is 17.3. The number of carbonyl (C=O) groups is 1. The summed E-state index contributed by atoms with van der Waals surface area (Å²) in [6, 6.07) is 12.8. The molecule has 4 nitrogen and oxygen atoms in total. The predicted molar refractivity (Wildman–Crippen MR) is 89.4 cm³/mol. The molecule has 24 heavy (non-hydrogen) atoms. The second-order valence-electron chi connectivity index (χ2n) is 5.31. The third kappa shape index (κ3) is 2.93. The molecule has 0 aromatic heterocycles. The fraction of sp³-hybridized carbons (Fsp3) is 0.0588. The van der Waals surface area contributed by atoms with E-state index in [0.29, 0.717) is 5.84 Å². The molecule has 1 aliphatic rings. The van der Waals surface area contributed by atoms with Gasteiger partial charge in [-0.05, 0) is 23.8 Å². The smallest absolute Gasteiger partial charge is 0.508 e. The lowest BCUT2D eigenvalue weighted by Gasteiger charge is -2.11. The number of likely N-dealkylation sites (N-methyl/N-ethyl adjacent to an activating group) is 1. The Labute approximate surface area is 137 Å². The zero-order valence-electron chi connectivity index (χ0n) is 12.8. The molecule has 0 radical (unpaired) electrons. The molecule has 0 fully saturated rings. The quantitative estimate of drug-likeness (QED) is 0.695. The van der Waals surface area contributed by atoms with E-state index in [1.165, 1.54) is 23.1 Å². The Kier molecular flexibility index (Phi) is 4.16. The molecule has 1 amide bonds. The first-order valence-corrected chi connectivity index (χ1v) is 7.22. The summed E-state index contributed by atoms with van der Waals surface area (Å²) < 4.78 is 26.3. The van der Waals surface area contributed by atoms with E-state index in [1.54, 1.807) is 7.05 Å². The van der Waals surface area contributed by atoms with Gasteiger partial charge in [0, 0.05) is 18.1 Å². The van der Waals surface area contributed by atoms with Gasteiger partial charge in [0.05, 0.1) is 0 Å². The lowest BCUT2D eigenvalue weighted by Crippen LogP contribution is -2.28. The van der Waals surface area contributed by atoms with Gasteiger partial charge in [0.15, 0.2) is 0 Å². The van der Waals surface area contributed by atoms with Crippen molar-refractivity contribution in [2.24, 2.45) is 4.99 Å². The van der Waals surface area contributed by atoms with E-state index in [9.17, 15) is 18.5 Å². The van der Waals surface area contributed by atoms with Crippen molar-refractivity contribution in [3.63, 3.8) is 0 Å². The van der Waals surface area contributed by atoms with Gasteiger partial charge in [0.25, 0.3) is 5.91 Å². The molecular formula is C17H13BF2N2O2. The van der Waals surface area contributed by atoms with Crippen LogP contribution in [0.3, 0.4) is 0 Å². The van der Waals surface area contributed by atoms with Crippen molar-refractivity contribution >= 4 is 30.5 Å². The van der Waals surface area contributed by atoms with Crippen molar-refractivity contribution in [2.75, 3.05) is 7.05 Å². The highest BCUT2D eigenvalue weighted by Crippen LogP contribution is 2.21.